The van der Waals surface area contributed by atoms with Gasteiger partial charge in [-0.25, -0.2) is 17.9 Å². The summed E-state index contributed by atoms with van der Waals surface area (Å²) in [5.74, 6) is 0. The summed E-state index contributed by atoms with van der Waals surface area (Å²) < 4.78 is 28.2. The molecule has 0 aliphatic carbocycles. The maximum atomic E-state index is 11.4. The second kappa shape index (κ2) is 33.4. The molecule has 3 fully saturated rings. The molecule has 8 N–H and O–H groups in total. The number of sulfonamides is 1. The molecule has 0 bridgehead atoms. The van der Waals surface area contributed by atoms with Gasteiger partial charge in [-0.2, -0.15) is 35.7 Å². The van der Waals surface area contributed by atoms with Crippen molar-refractivity contribution in [2.24, 2.45) is 7.05 Å². The number of piperazine rings is 2. The van der Waals surface area contributed by atoms with E-state index in [1.54, 1.807) is 30.3 Å². The molecule has 0 radical (unpaired) electrons. The van der Waals surface area contributed by atoms with Crippen molar-refractivity contribution in [3.63, 3.8) is 0 Å². The van der Waals surface area contributed by atoms with Gasteiger partial charge in [0.1, 0.15) is 0 Å². The van der Waals surface area contributed by atoms with Crippen LogP contribution in [0.5, 0.6) is 0 Å². The average Bonchev–Trinajstić information content (AvgIpc) is 1.58. The molecule has 9 aromatic heterocycles. The Hall–Kier alpha value is -10.4. The standard InChI is InChI=1S/2C16H16ClN5.C15H16ClN5.C14H18ClN5O.C13H14ClN5O2S/c17-12-9-15-14(11-19-20-15)16(10-12)22-7-5-21(6-8-22)13-1-3-18-4-2-13;17-12-8-15-14(11-19-20-15)16(9-12)22-6-4-21(5-7-22)13-2-1-3-18-10-13;1-9-12-8-21(4-3-14(12)20(2)19-9)15-6-10(16)5-13-11(15)7-17-18-13;1-16-14(21)18-10-2-4-20(5-3-10)13-7-9(15)6-12-11(13)8-17-19-12;1-22(20,21)17-2-3-19-8-9(6-16-19)11-4-10(14)5-13-12(11)7-15-18-13/h1-4,9-11H,5-8H2,(H,19,20);1-3,8-11H,4-7H2,(H,19,20);5-7H,3-4,8H2,1-2H3,(H,17,18);6-8,10H,2-5H2,1H3,(H,17,19)(H2,16,18,21);4-8,17H,2-3H2,1H3,(H,15,18). The number of aryl methyl sites for hydroxylation is 2. The first-order valence-electron chi connectivity index (χ1n) is 35.2. The smallest absolute Gasteiger partial charge is 0.314 e. The topological polar surface area (TPSA) is 312 Å². The van der Waals surface area contributed by atoms with Crippen LogP contribution in [0.2, 0.25) is 25.1 Å². The molecule has 18 rings (SSSR count). The Morgan fingerprint density at radius 2 is 0.981 bits per heavy atom. The fourth-order valence-electron chi connectivity index (χ4n) is 14.3. The fourth-order valence-corrected chi connectivity index (χ4v) is 15.8. The molecule has 108 heavy (non-hydrogen) atoms. The number of amides is 2. The number of aromatic nitrogens is 16. The number of carbonyl (C=O) groups is 1. The van der Waals surface area contributed by atoms with E-state index in [0.717, 1.165) is 213 Å². The summed E-state index contributed by atoms with van der Waals surface area (Å²) >= 11 is 31.0. The van der Waals surface area contributed by atoms with Gasteiger partial charge in [-0.05, 0) is 110 Å². The van der Waals surface area contributed by atoms with Crippen LogP contribution in [-0.2, 0) is 36.6 Å². The second-order valence-electron chi connectivity index (χ2n) is 26.6. The summed E-state index contributed by atoms with van der Waals surface area (Å²) in [4.78, 5) is 33.8. The van der Waals surface area contributed by atoms with E-state index in [0.29, 0.717) is 16.6 Å². The number of nitrogens with one attached hydrogen (secondary N) is 8. The third-order valence-corrected chi connectivity index (χ3v) is 21.5. The first-order chi connectivity index (χ1) is 52.3. The molecular formula is C74H80Cl5N25O3S. The molecule has 560 valence electrons. The number of hydrogen-bond donors (Lipinski definition) is 8. The van der Waals surface area contributed by atoms with Crippen LogP contribution in [0.3, 0.4) is 0 Å². The van der Waals surface area contributed by atoms with E-state index in [4.69, 9.17) is 58.0 Å². The number of nitrogens with zero attached hydrogens (tertiary/aromatic N) is 17. The van der Waals surface area contributed by atoms with Crippen LogP contribution in [0.4, 0.5) is 38.9 Å². The Kier molecular flexibility index (Phi) is 23.0. The molecule has 0 spiro atoms. The van der Waals surface area contributed by atoms with Gasteiger partial charge in [-0.3, -0.25) is 44.8 Å². The van der Waals surface area contributed by atoms with Crippen molar-refractivity contribution in [3.05, 3.63) is 195 Å². The van der Waals surface area contributed by atoms with Gasteiger partial charge in [0, 0.05) is 234 Å². The number of rotatable bonds is 12. The lowest BCUT2D eigenvalue weighted by Crippen LogP contribution is -2.47. The van der Waals surface area contributed by atoms with Crippen LogP contribution < -0.4 is 44.8 Å². The summed E-state index contributed by atoms with van der Waals surface area (Å²) in [7, 11) is 0.467. The second-order valence-corrected chi connectivity index (χ2v) is 30.6. The molecule has 14 aromatic rings. The molecule has 34 heteroatoms. The van der Waals surface area contributed by atoms with E-state index < -0.39 is 10.0 Å². The molecule has 0 saturated carbocycles. The SMILES string of the molecule is CNC(=O)NC1CCN(c2cc(Cl)cc3[nH]ncc23)CC1.CS(=O)(=O)NCCn1cc(-c2cc(Cl)cc3[nH]ncc23)cn1.Cc1nn(C)c2c1CN(c1cc(Cl)cc3[nH]ncc13)CC2.Clc1cc(N2CCN(c3cccnc3)CC2)c2cn[nH]c2c1.Clc1cc(N2CCN(c3ccncc3)CC2)c2cn[nH]c2c1. The largest absolute Gasteiger partial charge is 0.371 e. The quantitative estimate of drug-likeness (QED) is 0.0563. The first-order valence-corrected chi connectivity index (χ1v) is 39.0. The summed E-state index contributed by atoms with van der Waals surface area (Å²) in [6, 6.07) is 27.7. The number of pyridine rings is 2. The number of benzene rings is 5. The molecule has 4 aliphatic rings. The van der Waals surface area contributed by atoms with E-state index in [1.807, 2.05) is 128 Å². The number of aromatic amines is 5. The van der Waals surface area contributed by atoms with Crippen LogP contribution in [-0.4, -0.2) is 193 Å². The summed E-state index contributed by atoms with van der Waals surface area (Å²) in [6.07, 6.45) is 24.1. The molecule has 2 amide bonds. The molecule has 0 unspecified atom stereocenters. The zero-order valence-electron chi connectivity index (χ0n) is 59.7. The number of fused-ring (bicyclic) bond motifs is 6. The van der Waals surface area contributed by atoms with Crippen LogP contribution >= 0.6 is 58.0 Å². The number of anilines is 6. The minimum atomic E-state index is -3.19. The first kappa shape index (κ1) is 74.5. The molecule has 13 heterocycles. The lowest BCUT2D eigenvalue weighted by Gasteiger charge is -2.37. The highest BCUT2D eigenvalue weighted by Crippen LogP contribution is 2.38. The molecular weight excluding hydrogens is 1500 g/mol. The van der Waals surface area contributed by atoms with E-state index in [2.05, 4.69) is 141 Å². The van der Waals surface area contributed by atoms with Crippen molar-refractivity contribution in [2.45, 2.75) is 45.3 Å². The summed E-state index contributed by atoms with van der Waals surface area (Å²) in [6.45, 7) is 14.1. The monoisotopic (exact) mass is 1570 g/mol. The van der Waals surface area contributed by atoms with Crippen molar-refractivity contribution in [1.82, 2.24) is 95.9 Å². The summed E-state index contributed by atoms with van der Waals surface area (Å²) in [5.41, 5.74) is 17.3. The predicted octanol–water partition coefficient (Wildman–Crippen LogP) is 12.4. The van der Waals surface area contributed by atoms with Crippen molar-refractivity contribution >= 4 is 163 Å². The van der Waals surface area contributed by atoms with Gasteiger partial charge in [0.25, 0.3) is 0 Å². The maximum Gasteiger partial charge on any atom is 0.314 e. The molecule has 3 saturated heterocycles. The number of carbonyl (C=O) groups excluding carboxylic acids is 1. The maximum absolute atomic E-state index is 11.4. The Morgan fingerprint density at radius 1 is 0.528 bits per heavy atom. The van der Waals surface area contributed by atoms with Crippen LogP contribution in [0.1, 0.15) is 29.8 Å². The van der Waals surface area contributed by atoms with Crippen molar-refractivity contribution in [2.75, 3.05) is 121 Å². The molecule has 28 nitrogen and oxygen atoms in total. The van der Waals surface area contributed by atoms with Crippen LogP contribution in [0.15, 0.2) is 153 Å². The molecule has 0 atom stereocenters. The minimum Gasteiger partial charge on any atom is -0.371 e. The van der Waals surface area contributed by atoms with E-state index in [1.165, 1.54) is 22.6 Å². The number of H-pyrrole nitrogens is 5. The van der Waals surface area contributed by atoms with Gasteiger partial charge in [0.15, 0.2) is 0 Å². The molecule has 4 aliphatic heterocycles. The number of halogens is 5. The summed E-state index contributed by atoms with van der Waals surface area (Å²) in [5, 5.41) is 58.6. The normalized spacial score (nSPS) is 14.8. The van der Waals surface area contributed by atoms with E-state index in [9.17, 15) is 13.2 Å². The fraction of sp³-hybridized carbons (Fsp3) is 0.297. The number of piperidine rings is 1. The highest BCUT2D eigenvalue weighted by molar-refractivity contribution is 7.88. The van der Waals surface area contributed by atoms with Gasteiger partial charge in [0.2, 0.25) is 10.0 Å². The third-order valence-electron chi connectivity index (χ3n) is 19.6. The zero-order valence-corrected chi connectivity index (χ0v) is 64.3. The lowest BCUT2D eigenvalue weighted by molar-refractivity contribution is 0.236. The highest BCUT2D eigenvalue weighted by Gasteiger charge is 2.27. The van der Waals surface area contributed by atoms with Gasteiger partial charge < -0.3 is 40.0 Å². The van der Waals surface area contributed by atoms with Gasteiger partial charge in [-0.1, -0.05) is 58.0 Å². The van der Waals surface area contributed by atoms with Gasteiger partial charge in [0.05, 0.1) is 95.1 Å². The molecule has 5 aromatic carbocycles. The lowest BCUT2D eigenvalue weighted by atomic mass is 10.0. The highest BCUT2D eigenvalue weighted by atomic mass is 35.5. The third kappa shape index (κ3) is 17.6. The van der Waals surface area contributed by atoms with Crippen LogP contribution in [0.25, 0.3) is 65.6 Å². The van der Waals surface area contributed by atoms with Gasteiger partial charge >= 0.3 is 6.03 Å². The number of hydrogen-bond acceptors (Lipinski definition) is 18. The van der Waals surface area contributed by atoms with Crippen LogP contribution in [0, 0.1) is 6.92 Å². The van der Waals surface area contributed by atoms with Gasteiger partial charge in [-0.15, -0.1) is 0 Å². The van der Waals surface area contributed by atoms with Crippen molar-refractivity contribution in [3.8, 4) is 11.1 Å². The van der Waals surface area contributed by atoms with E-state index >= 15 is 0 Å². The Bertz CT molecular complexity index is 5390. The number of urea groups is 1. The predicted molar refractivity (Wildman–Crippen MR) is 432 cm³/mol. The Balaban J connectivity index is 0.000000113. The Labute approximate surface area is 647 Å². The minimum absolute atomic E-state index is 0.117. The average molecular weight is 1580 g/mol. The zero-order chi connectivity index (χ0) is 75.0. The van der Waals surface area contributed by atoms with E-state index in [-0.39, 0.29) is 18.6 Å². The van der Waals surface area contributed by atoms with Crippen molar-refractivity contribution < 1.29 is 13.2 Å². The Morgan fingerprint density at radius 3 is 1.46 bits per heavy atom. The van der Waals surface area contributed by atoms with Crippen molar-refractivity contribution in [1.29, 1.82) is 0 Å².